The van der Waals surface area contributed by atoms with Crippen molar-refractivity contribution in [3.8, 4) is 10.4 Å². The van der Waals surface area contributed by atoms with E-state index in [1.165, 1.54) is 11.3 Å². The number of benzene rings is 1. The number of aromatic nitrogens is 1. The summed E-state index contributed by atoms with van der Waals surface area (Å²) in [4.78, 5) is 38.9. The molecule has 1 aromatic heterocycles. The third kappa shape index (κ3) is 7.42. The number of carbonyl (C=O) groups excluding carboxylic acids is 1. The van der Waals surface area contributed by atoms with Crippen LogP contribution < -0.4 is 5.32 Å². The molecule has 3 fully saturated rings. The van der Waals surface area contributed by atoms with E-state index in [1.807, 2.05) is 0 Å². The molecule has 3 N–H and O–H groups in total. The van der Waals surface area contributed by atoms with Gasteiger partial charge in [0.05, 0.1) is 17.0 Å². The zero-order valence-electron chi connectivity index (χ0n) is 18.0. The van der Waals surface area contributed by atoms with Gasteiger partial charge in [-0.3, -0.25) is 5.32 Å². The fourth-order valence-corrected chi connectivity index (χ4v) is 5.09. The number of halogens is 2. The van der Waals surface area contributed by atoms with Gasteiger partial charge in [0.1, 0.15) is 0 Å². The number of carboxylic acid groups (broad SMARTS) is 2. The summed E-state index contributed by atoms with van der Waals surface area (Å²) in [5.74, 6) is -2.05. The Morgan fingerprint density at radius 2 is 1.62 bits per heavy atom. The maximum absolute atomic E-state index is 12.3. The number of piperidine rings is 3. The summed E-state index contributed by atoms with van der Waals surface area (Å²) in [6, 6.07) is 5.27. The molecule has 5 rings (SSSR count). The Labute approximate surface area is 210 Å². The van der Waals surface area contributed by atoms with Crippen molar-refractivity contribution in [2.24, 2.45) is 5.41 Å². The first-order chi connectivity index (χ1) is 16.2. The SMILES string of the molecule is O=C(Nc1ncsc1-c1cc(Cl)cc(Cl)c1)OCC12CCN(CC1)CC2.O=C(O)/C=C/C(=O)O. The van der Waals surface area contributed by atoms with Crippen molar-refractivity contribution < 1.29 is 29.3 Å². The van der Waals surface area contributed by atoms with Crippen LogP contribution in [-0.2, 0) is 14.3 Å². The largest absolute Gasteiger partial charge is 0.478 e. The number of hydrogen-bond acceptors (Lipinski definition) is 7. The number of carboxylic acids is 2. The molecule has 3 saturated heterocycles. The van der Waals surface area contributed by atoms with Crippen LogP contribution in [0.3, 0.4) is 0 Å². The van der Waals surface area contributed by atoms with Crippen molar-refractivity contribution in [3.63, 3.8) is 0 Å². The molecule has 4 heterocycles. The second-order valence-corrected chi connectivity index (χ2v) is 9.72. The van der Waals surface area contributed by atoms with Gasteiger partial charge in [-0.1, -0.05) is 23.2 Å². The van der Waals surface area contributed by atoms with Gasteiger partial charge >= 0.3 is 18.0 Å². The van der Waals surface area contributed by atoms with Crippen molar-refractivity contribution in [2.45, 2.75) is 19.3 Å². The molecule has 1 amide bonds. The zero-order chi connectivity index (χ0) is 24.7. The lowest BCUT2D eigenvalue weighted by atomic mass is 9.73. The Hall–Kier alpha value is -2.66. The molecule has 1 aromatic carbocycles. The van der Waals surface area contributed by atoms with Crippen LogP contribution in [0.5, 0.6) is 0 Å². The second kappa shape index (κ2) is 11.7. The van der Waals surface area contributed by atoms with Crippen molar-refractivity contribution in [3.05, 3.63) is 45.9 Å². The number of thiazole rings is 1. The smallest absolute Gasteiger partial charge is 0.412 e. The van der Waals surface area contributed by atoms with Gasteiger partial charge in [0.25, 0.3) is 0 Å². The maximum Gasteiger partial charge on any atom is 0.412 e. The zero-order valence-corrected chi connectivity index (χ0v) is 20.3. The van der Waals surface area contributed by atoms with Crippen molar-refractivity contribution in [1.29, 1.82) is 0 Å². The number of anilines is 1. The van der Waals surface area contributed by atoms with Crippen molar-refractivity contribution in [2.75, 3.05) is 31.6 Å². The van der Waals surface area contributed by atoms with Gasteiger partial charge in [0.15, 0.2) is 5.82 Å². The summed E-state index contributed by atoms with van der Waals surface area (Å²) in [6.07, 6.45) is 3.95. The van der Waals surface area contributed by atoms with Gasteiger partial charge in [-0.25, -0.2) is 19.4 Å². The molecule has 3 aliphatic rings. The lowest BCUT2D eigenvalue weighted by molar-refractivity contribution is -0.134. The first kappa shape index (κ1) is 26.0. The van der Waals surface area contributed by atoms with E-state index < -0.39 is 18.0 Å². The molecule has 0 radical (unpaired) electrons. The number of rotatable bonds is 6. The van der Waals surface area contributed by atoms with Crippen LogP contribution in [0.4, 0.5) is 10.6 Å². The minimum atomic E-state index is -1.26. The summed E-state index contributed by atoms with van der Waals surface area (Å²) in [6.45, 7) is 3.79. The van der Waals surface area contributed by atoms with Gasteiger partial charge < -0.3 is 19.8 Å². The van der Waals surface area contributed by atoms with E-state index in [0.717, 1.165) is 49.3 Å². The molecule has 0 aliphatic carbocycles. The van der Waals surface area contributed by atoms with Crippen LogP contribution in [0.2, 0.25) is 10.0 Å². The lowest BCUT2D eigenvalue weighted by Crippen LogP contribution is -2.50. The molecule has 182 valence electrons. The third-order valence-electron chi connectivity index (χ3n) is 5.67. The molecule has 3 aliphatic heterocycles. The lowest BCUT2D eigenvalue weighted by Gasteiger charge is -2.47. The number of nitrogens with one attached hydrogen (secondary N) is 1. The molecular weight excluding hydrogens is 505 g/mol. The average Bonchev–Trinajstić information content (AvgIpc) is 3.25. The normalized spacial score (nSPS) is 20.9. The van der Waals surface area contributed by atoms with Crippen LogP contribution in [0.25, 0.3) is 10.4 Å². The Balaban J connectivity index is 0.000000350. The fraction of sp³-hybridized carbons (Fsp3) is 0.364. The summed E-state index contributed by atoms with van der Waals surface area (Å²) in [5.41, 5.74) is 2.64. The number of ether oxygens (including phenoxy) is 1. The summed E-state index contributed by atoms with van der Waals surface area (Å²) < 4.78 is 5.56. The monoisotopic (exact) mass is 527 g/mol. The van der Waals surface area contributed by atoms with E-state index in [9.17, 15) is 14.4 Å². The topological polar surface area (TPSA) is 129 Å². The van der Waals surface area contributed by atoms with Gasteiger partial charge in [-0.2, -0.15) is 0 Å². The summed E-state index contributed by atoms with van der Waals surface area (Å²) in [7, 11) is 0. The number of aliphatic carboxylic acids is 2. The van der Waals surface area contributed by atoms with Crippen LogP contribution in [0.15, 0.2) is 35.9 Å². The highest BCUT2D eigenvalue weighted by Crippen LogP contribution is 2.40. The van der Waals surface area contributed by atoms with Crippen molar-refractivity contribution >= 4 is 58.4 Å². The minimum Gasteiger partial charge on any atom is -0.478 e. The number of fused-ring (bicyclic) bond motifs is 3. The quantitative estimate of drug-likeness (QED) is 0.454. The van der Waals surface area contributed by atoms with Crippen LogP contribution in [0.1, 0.15) is 19.3 Å². The Morgan fingerprint density at radius 3 is 2.15 bits per heavy atom. The van der Waals surface area contributed by atoms with Gasteiger partial charge in [0.2, 0.25) is 0 Å². The molecular formula is C22H23Cl2N3O6S. The maximum atomic E-state index is 12.3. The molecule has 2 aromatic rings. The fourth-order valence-electron chi connectivity index (χ4n) is 3.83. The predicted octanol–water partition coefficient (Wildman–Crippen LogP) is 4.86. The van der Waals surface area contributed by atoms with E-state index in [0.29, 0.717) is 34.6 Å². The molecule has 0 unspecified atom stereocenters. The van der Waals surface area contributed by atoms with E-state index in [1.54, 1.807) is 23.7 Å². The second-order valence-electron chi connectivity index (χ2n) is 7.99. The Morgan fingerprint density at radius 1 is 1.06 bits per heavy atom. The molecule has 12 heteroatoms. The molecule has 0 saturated carbocycles. The standard InChI is InChI=1S/C18H19Cl2N3O2S.C4H4O4/c19-13-7-12(8-14(20)9-13)15-16(21-11-26-15)22-17(24)25-10-18-1-4-23(5-2-18)6-3-18;5-3(6)1-2-4(7)8/h7-9,11H,1-6,10H2,(H,22,24);1-2H,(H,5,6)(H,7,8)/b;2-1+. The van der Waals surface area contributed by atoms with Crippen LogP contribution in [0, 0.1) is 5.41 Å². The van der Waals surface area contributed by atoms with E-state index in [2.05, 4.69) is 15.2 Å². The van der Waals surface area contributed by atoms with Crippen LogP contribution in [-0.4, -0.2) is 64.4 Å². The van der Waals surface area contributed by atoms with Gasteiger partial charge in [-0.15, -0.1) is 11.3 Å². The van der Waals surface area contributed by atoms with Crippen LogP contribution >= 0.6 is 34.5 Å². The molecule has 2 bridgehead atoms. The van der Waals surface area contributed by atoms with E-state index >= 15 is 0 Å². The predicted molar refractivity (Wildman–Crippen MR) is 130 cm³/mol. The molecule has 0 spiro atoms. The highest BCUT2D eigenvalue weighted by Gasteiger charge is 2.40. The van der Waals surface area contributed by atoms with Crippen molar-refractivity contribution in [1.82, 2.24) is 9.88 Å². The van der Waals surface area contributed by atoms with E-state index in [-0.39, 0.29) is 5.41 Å². The number of amides is 1. The average molecular weight is 528 g/mol. The van der Waals surface area contributed by atoms with Gasteiger partial charge in [0, 0.05) is 27.6 Å². The first-order valence-corrected chi connectivity index (χ1v) is 12.0. The highest BCUT2D eigenvalue weighted by molar-refractivity contribution is 7.13. The molecule has 34 heavy (non-hydrogen) atoms. The first-order valence-electron chi connectivity index (χ1n) is 10.4. The van der Waals surface area contributed by atoms with Gasteiger partial charge in [-0.05, 0) is 62.7 Å². The van der Waals surface area contributed by atoms with E-state index in [4.69, 9.17) is 38.2 Å². The minimum absolute atomic E-state index is 0.150. The summed E-state index contributed by atoms with van der Waals surface area (Å²) in [5, 5.41) is 19.5. The number of hydrogen-bond donors (Lipinski definition) is 3. The summed E-state index contributed by atoms with van der Waals surface area (Å²) >= 11 is 13.6. The molecule has 0 atom stereocenters. The number of carbonyl (C=O) groups is 3. The third-order valence-corrected chi connectivity index (χ3v) is 6.98. The highest BCUT2D eigenvalue weighted by atomic mass is 35.5. The molecule has 9 nitrogen and oxygen atoms in total. The number of nitrogens with zero attached hydrogens (tertiary/aromatic N) is 2. The Bertz CT molecular complexity index is 1030. The Kier molecular flexibility index (Phi) is 8.90.